The summed E-state index contributed by atoms with van der Waals surface area (Å²) < 4.78 is 0.955. The first-order chi connectivity index (χ1) is 23.1. The molecule has 0 bridgehead atoms. The van der Waals surface area contributed by atoms with E-state index in [1.165, 1.54) is 0 Å². The highest BCUT2D eigenvalue weighted by atomic mass is 79.9. The van der Waals surface area contributed by atoms with Gasteiger partial charge in [-0.25, -0.2) is 14.4 Å². The Kier molecular flexibility index (Phi) is 10.3. The Bertz CT molecular complexity index is 1680. The average Bonchev–Trinajstić information content (AvgIpc) is 3.10. The molecule has 3 aromatic carbocycles. The second-order valence-corrected chi connectivity index (χ2v) is 14.3. The van der Waals surface area contributed by atoms with Crippen molar-refractivity contribution in [2.75, 3.05) is 31.5 Å². The summed E-state index contributed by atoms with van der Waals surface area (Å²) in [6.45, 7) is 2.44. The second kappa shape index (κ2) is 14.6. The van der Waals surface area contributed by atoms with Crippen LogP contribution in [0.4, 0.5) is 15.3 Å². The number of piperidine rings is 2. The molecule has 252 valence electrons. The van der Waals surface area contributed by atoms with Crippen LogP contribution in [0.5, 0.6) is 5.75 Å². The van der Waals surface area contributed by atoms with Crippen LogP contribution in [0.25, 0.3) is 0 Å². The van der Waals surface area contributed by atoms with E-state index >= 15 is 0 Å². The number of hydrogen-bond acceptors (Lipinski definition) is 5. The summed E-state index contributed by atoms with van der Waals surface area (Å²) in [7, 11) is 0. The topological polar surface area (TPSA) is 143 Å². The van der Waals surface area contributed by atoms with Crippen LogP contribution in [0.2, 0.25) is 0 Å². The highest BCUT2D eigenvalue weighted by Crippen LogP contribution is 2.34. The van der Waals surface area contributed by atoms with Gasteiger partial charge in [0.2, 0.25) is 5.91 Å². The molecule has 4 N–H and O–H groups in total. The molecule has 11 nitrogen and oxygen atoms in total. The van der Waals surface area contributed by atoms with Gasteiger partial charge in [0.15, 0.2) is 0 Å². The number of para-hydroxylation sites is 1. The van der Waals surface area contributed by atoms with E-state index < -0.39 is 12.0 Å². The maximum absolute atomic E-state index is 14.0. The van der Waals surface area contributed by atoms with Crippen molar-refractivity contribution in [3.05, 3.63) is 91.9 Å². The summed E-state index contributed by atoms with van der Waals surface area (Å²) in [6.07, 6.45) is 2.91. The zero-order chi connectivity index (χ0) is 33.9. The number of urea groups is 2. The SMILES string of the molecule is O=C(O)c1ccc(C2CCN(C(=O)[C@@H](Cc3cc(Br)c(O)c(Br)c3)NC(=O)N3CCC(N4Cc5ccccc5NC4=O)CC3)CC2)cc1. The van der Waals surface area contributed by atoms with Crippen LogP contribution < -0.4 is 10.6 Å². The van der Waals surface area contributed by atoms with Gasteiger partial charge in [0.1, 0.15) is 11.8 Å². The molecule has 2 fully saturated rings. The van der Waals surface area contributed by atoms with Gasteiger partial charge in [0.25, 0.3) is 0 Å². The molecule has 2 saturated heterocycles. The van der Waals surface area contributed by atoms with Gasteiger partial charge in [0, 0.05) is 50.9 Å². The van der Waals surface area contributed by atoms with Gasteiger partial charge >= 0.3 is 18.0 Å². The van der Waals surface area contributed by atoms with Crippen LogP contribution in [0, 0.1) is 0 Å². The summed E-state index contributed by atoms with van der Waals surface area (Å²) in [4.78, 5) is 57.1. The number of fused-ring (bicyclic) bond motifs is 1. The van der Waals surface area contributed by atoms with E-state index in [0.29, 0.717) is 54.5 Å². The predicted molar refractivity (Wildman–Crippen MR) is 187 cm³/mol. The van der Waals surface area contributed by atoms with Crippen LogP contribution in [0.15, 0.2) is 69.6 Å². The van der Waals surface area contributed by atoms with Crippen molar-refractivity contribution in [3.63, 3.8) is 0 Å². The van der Waals surface area contributed by atoms with Crippen LogP contribution in [0.3, 0.4) is 0 Å². The minimum atomic E-state index is -0.965. The molecule has 5 amide bonds. The number of nitrogens with zero attached hydrogens (tertiary/aromatic N) is 3. The number of nitrogens with one attached hydrogen (secondary N) is 2. The van der Waals surface area contributed by atoms with Gasteiger partial charge in [-0.2, -0.15) is 0 Å². The molecule has 0 radical (unpaired) electrons. The molecule has 13 heteroatoms. The predicted octanol–water partition coefficient (Wildman–Crippen LogP) is 6.15. The number of aromatic hydroxyl groups is 1. The van der Waals surface area contributed by atoms with Crippen molar-refractivity contribution >= 4 is 61.5 Å². The van der Waals surface area contributed by atoms with Crippen molar-refractivity contribution in [2.24, 2.45) is 0 Å². The lowest BCUT2D eigenvalue weighted by Gasteiger charge is -2.41. The monoisotopic (exact) mass is 781 g/mol. The number of aromatic carboxylic acids is 1. The highest BCUT2D eigenvalue weighted by Gasteiger charge is 2.35. The first-order valence-corrected chi connectivity index (χ1v) is 17.7. The molecule has 0 spiro atoms. The van der Waals surface area contributed by atoms with Crippen molar-refractivity contribution < 1.29 is 29.4 Å². The number of anilines is 1. The number of carboxylic acids is 1. The minimum absolute atomic E-state index is 0.00634. The van der Waals surface area contributed by atoms with Crippen LogP contribution >= 0.6 is 31.9 Å². The summed E-state index contributed by atoms with van der Waals surface area (Å²) in [6, 6.07) is 16.8. The molecule has 0 saturated carbocycles. The third-order valence-corrected chi connectivity index (χ3v) is 10.8. The van der Waals surface area contributed by atoms with E-state index in [-0.39, 0.29) is 47.7 Å². The lowest BCUT2D eigenvalue weighted by atomic mass is 9.88. The molecule has 3 aromatic rings. The third kappa shape index (κ3) is 7.46. The lowest BCUT2D eigenvalue weighted by Crippen LogP contribution is -2.57. The van der Waals surface area contributed by atoms with E-state index in [9.17, 15) is 29.4 Å². The van der Waals surface area contributed by atoms with E-state index in [1.807, 2.05) is 41.3 Å². The molecular formula is C35H37Br2N5O6. The molecule has 3 aliphatic heterocycles. The molecular weight excluding hydrogens is 746 g/mol. The number of carbonyl (C=O) groups is 4. The number of benzene rings is 3. The van der Waals surface area contributed by atoms with E-state index in [2.05, 4.69) is 42.5 Å². The Labute approximate surface area is 295 Å². The molecule has 3 aliphatic rings. The van der Waals surface area contributed by atoms with Gasteiger partial charge in [0.05, 0.1) is 14.5 Å². The van der Waals surface area contributed by atoms with Crippen LogP contribution in [-0.4, -0.2) is 87.1 Å². The minimum Gasteiger partial charge on any atom is -0.506 e. The Morgan fingerprint density at radius 1 is 0.896 bits per heavy atom. The number of carbonyl (C=O) groups excluding carboxylic acids is 3. The molecule has 0 aromatic heterocycles. The van der Waals surface area contributed by atoms with Crippen LogP contribution in [0.1, 0.15) is 58.6 Å². The lowest BCUT2D eigenvalue weighted by molar-refractivity contribution is -0.134. The second-order valence-electron chi connectivity index (χ2n) is 12.6. The Balaban J connectivity index is 1.10. The highest BCUT2D eigenvalue weighted by molar-refractivity contribution is 9.11. The number of carboxylic acid groups (broad SMARTS) is 1. The fourth-order valence-electron chi connectivity index (χ4n) is 6.86. The Hall–Kier alpha value is -4.10. The van der Waals surface area contributed by atoms with Crippen LogP contribution in [-0.2, 0) is 17.8 Å². The standard InChI is InChI=1S/C35H37Br2N5O6/c36-27-17-21(18-28(37)31(27)43)19-30(32(44)40-13-9-23(10-14-40)22-5-7-24(8-6-22)33(45)46)39-34(47)41-15-11-26(12-16-41)42-20-25-3-1-2-4-29(25)38-35(42)48/h1-8,17-18,23,26,30,43H,9-16,19-20H2,(H,38,48)(H,39,47)(H,45,46)/t30-/m1/s1. The van der Waals surface area contributed by atoms with E-state index in [4.69, 9.17) is 0 Å². The van der Waals surface area contributed by atoms with E-state index in [1.54, 1.807) is 34.1 Å². The van der Waals surface area contributed by atoms with Crippen molar-refractivity contribution in [1.82, 2.24) is 20.0 Å². The summed E-state index contributed by atoms with van der Waals surface area (Å²) in [5, 5.41) is 25.4. The van der Waals surface area contributed by atoms with Gasteiger partial charge < -0.3 is 35.5 Å². The van der Waals surface area contributed by atoms with Gasteiger partial charge in [-0.15, -0.1) is 0 Å². The molecule has 0 unspecified atom stereocenters. The maximum atomic E-state index is 14.0. The molecule has 0 aliphatic carbocycles. The first kappa shape index (κ1) is 33.8. The fourth-order valence-corrected chi connectivity index (χ4v) is 8.14. The summed E-state index contributed by atoms with van der Waals surface area (Å²) in [5.74, 6) is -0.891. The zero-order valence-corrected chi connectivity index (χ0v) is 29.4. The van der Waals surface area contributed by atoms with Crippen molar-refractivity contribution in [1.29, 1.82) is 0 Å². The Morgan fingerprint density at radius 3 is 2.17 bits per heavy atom. The molecule has 48 heavy (non-hydrogen) atoms. The number of rotatable bonds is 7. The Morgan fingerprint density at radius 2 is 1.52 bits per heavy atom. The normalized spacial score (nSPS) is 17.8. The maximum Gasteiger partial charge on any atom is 0.335 e. The zero-order valence-electron chi connectivity index (χ0n) is 26.2. The number of hydrogen-bond donors (Lipinski definition) is 4. The number of likely N-dealkylation sites (tertiary alicyclic amines) is 2. The number of phenols is 1. The fraction of sp³-hybridized carbons (Fsp3) is 0.371. The third-order valence-electron chi connectivity index (χ3n) is 9.60. The number of phenolic OH excluding ortho intramolecular Hbond substituents is 1. The van der Waals surface area contributed by atoms with Crippen molar-refractivity contribution in [3.8, 4) is 5.75 Å². The average molecular weight is 784 g/mol. The molecule has 1 atom stereocenters. The van der Waals surface area contributed by atoms with E-state index in [0.717, 1.165) is 35.2 Å². The first-order valence-electron chi connectivity index (χ1n) is 16.1. The number of amides is 5. The van der Waals surface area contributed by atoms with Gasteiger partial charge in [-0.05, 0) is 110 Å². The molecule has 3 heterocycles. The van der Waals surface area contributed by atoms with Gasteiger partial charge in [-0.1, -0.05) is 30.3 Å². The molecule has 6 rings (SSSR count). The van der Waals surface area contributed by atoms with Crippen molar-refractivity contribution in [2.45, 2.75) is 56.7 Å². The smallest absolute Gasteiger partial charge is 0.335 e. The van der Waals surface area contributed by atoms with Gasteiger partial charge in [-0.3, -0.25) is 4.79 Å². The number of halogens is 2. The largest absolute Gasteiger partial charge is 0.506 e. The quantitative estimate of drug-likeness (QED) is 0.227. The summed E-state index contributed by atoms with van der Waals surface area (Å²) in [5.41, 5.74) is 3.94. The summed E-state index contributed by atoms with van der Waals surface area (Å²) >= 11 is 6.74.